The van der Waals surface area contributed by atoms with E-state index >= 15 is 0 Å². The summed E-state index contributed by atoms with van der Waals surface area (Å²) >= 11 is 0. The van der Waals surface area contributed by atoms with Gasteiger partial charge in [0, 0.05) is 42.4 Å². The van der Waals surface area contributed by atoms with Gasteiger partial charge in [0.1, 0.15) is 12.1 Å². The van der Waals surface area contributed by atoms with Crippen LogP contribution < -0.4 is 4.74 Å². The van der Waals surface area contributed by atoms with Gasteiger partial charge in [0.2, 0.25) is 0 Å². The lowest BCUT2D eigenvalue weighted by molar-refractivity contribution is 0.188. The van der Waals surface area contributed by atoms with Crippen molar-refractivity contribution < 1.29 is 9.47 Å². The maximum absolute atomic E-state index is 5.40. The van der Waals surface area contributed by atoms with Crippen LogP contribution in [0, 0.1) is 0 Å². The highest BCUT2D eigenvalue weighted by Gasteiger charge is 2.14. The topological polar surface area (TPSA) is 49.2 Å². The van der Waals surface area contributed by atoms with Crippen molar-refractivity contribution >= 4 is 21.8 Å². The molecule has 0 amide bonds. The van der Waals surface area contributed by atoms with E-state index in [-0.39, 0.29) is 0 Å². The van der Waals surface area contributed by atoms with Crippen molar-refractivity contribution in [2.75, 3.05) is 20.8 Å². The monoisotopic (exact) mass is 333 g/mol. The Balaban J connectivity index is 2.03. The third kappa shape index (κ3) is 2.72. The van der Waals surface area contributed by atoms with E-state index < -0.39 is 0 Å². The molecule has 0 aliphatic rings. The smallest absolute Gasteiger partial charge is 0.119 e. The molecule has 0 radical (unpaired) electrons. The second-order valence-electron chi connectivity index (χ2n) is 5.88. The van der Waals surface area contributed by atoms with Crippen LogP contribution in [0.5, 0.6) is 5.75 Å². The van der Waals surface area contributed by atoms with Gasteiger partial charge in [-0.15, -0.1) is 0 Å². The summed E-state index contributed by atoms with van der Waals surface area (Å²) in [6.07, 6.45) is 5.56. The summed E-state index contributed by atoms with van der Waals surface area (Å²) in [5.41, 5.74) is 4.32. The molecule has 0 aliphatic heterocycles. The van der Waals surface area contributed by atoms with Gasteiger partial charge in [-0.05, 0) is 29.8 Å². The van der Waals surface area contributed by atoms with Gasteiger partial charge in [0.05, 0.1) is 24.8 Å². The third-order valence-electron chi connectivity index (χ3n) is 4.45. The Kier molecular flexibility index (Phi) is 4.07. The first-order valence-electron chi connectivity index (χ1n) is 8.16. The zero-order valence-corrected chi connectivity index (χ0v) is 14.3. The first-order valence-corrected chi connectivity index (χ1v) is 8.16. The Morgan fingerprint density at radius 1 is 1.08 bits per heavy atom. The summed E-state index contributed by atoms with van der Waals surface area (Å²) < 4.78 is 12.9. The average Bonchev–Trinajstić information content (AvgIpc) is 3.10. The highest BCUT2D eigenvalue weighted by atomic mass is 16.5. The Hall–Kier alpha value is -2.92. The van der Waals surface area contributed by atoms with E-state index in [0.29, 0.717) is 6.61 Å². The fourth-order valence-corrected chi connectivity index (χ4v) is 3.24. The lowest BCUT2D eigenvalue weighted by Crippen LogP contribution is -2.03. The summed E-state index contributed by atoms with van der Waals surface area (Å²) in [4.78, 5) is 8.65. The van der Waals surface area contributed by atoms with Crippen molar-refractivity contribution in [3.8, 4) is 16.9 Å². The molecule has 2 aromatic heterocycles. The molecule has 0 saturated heterocycles. The number of hydrogen-bond acceptors (Lipinski definition) is 4. The molecule has 0 spiro atoms. The number of fused-ring (bicyclic) bond motifs is 3. The minimum atomic E-state index is 0.657. The Morgan fingerprint density at radius 3 is 2.84 bits per heavy atom. The van der Waals surface area contributed by atoms with Crippen molar-refractivity contribution in [2.45, 2.75) is 6.54 Å². The largest absolute Gasteiger partial charge is 0.497 e. The van der Waals surface area contributed by atoms with Crippen LogP contribution in [0.15, 0.2) is 55.1 Å². The summed E-state index contributed by atoms with van der Waals surface area (Å²) in [6.45, 7) is 1.45. The van der Waals surface area contributed by atoms with Crippen molar-refractivity contribution in [2.24, 2.45) is 0 Å². The predicted octanol–water partition coefficient (Wildman–Crippen LogP) is 3.91. The fraction of sp³-hybridized carbons (Fsp3) is 0.200. The number of nitrogens with zero attached hydrogens (tertiary/aromatic N) is 3. The first-order chi connectivity index (χ1) is 12.3. The van der Waals surface area contributed by atoms with Crippen molar-refractivity contribution in [3.63, 3.8) is 0 Å². The molecular weight excluding hydrogens is 314 g/mol. The highest BCUT2D eigenvalue weighted by Crippen LogP contribution is 2.35. The number of rotatable bonds is 5. The van der Waals surface area contributed by atoms with E-state index in [1.165, 1.54) is 0 Å². The molecule has 0 aliphatic carbocycles. The minimum absolute atomic E-state index is 0.657. The standard InChI is InChI=1S/C20H19N3O2/c1-24-9-8-23-7-6-16-18-12-21-13-22-19(18)11-17(20(16)23)14-4-3-5-15(10-14)25-2/h3-7,10-13H,8-9H2,1-2H3. The van der Waals surface area contributed by atoms with Crippen LogP contribution in [0.4, 0.5) is 0 Å². The Labute approximate surface area is 145 Å². The van der Waals surface area contributed by atoms with Gasteiger partial charge in [-0.3, -0.25) is 0 Å². The summed E-state index contributed by atoms with van der Waals surface area (Å²) in [5.74, 6) is 0.837. The highest BCUT2D eigenvalue weighted by molar-refractivity contribution is 6.11. The van der Waals surface area contributed by atoms with Gasteiger partial charge >= 0.3 is 0 Å². The van der Waals surface area contributed by atoms with Gasteiger partial charge in [0.15, 0.2) is 0 Å². The Morgan fingerprint density at radius 2 is 2.00 bits per heavy atom. The van der Waals surface area contributed by atoms with Gasteiger partial charge in [-0.2, -0.15) is 0 Å². The Bertz CT molecular complexity index is 1040. The number of benzene rings is 2. The maximum atomic E-state index is 5.40. The van der Waals surface area contributed by atoms with E-state index in [9.17, 15) is 0 Å². The average molecular weight is 333 g/mol. The molecule has 5 heteroatoms. The number of aromatic nitrogens is 3. The van der Waals surface area contributed by atoms with Crippen LogP contribution in [0.3, 0.4) is 0 Å². The number of hydrogen-bond donors (Lipinski definition) is 0. The van der Waals surface area contributed by atoms with Gasteiger partial charge in [-0.25, -0.2) is 9.97 Å². The summed E-state index contributed by atoms with van der Waals surface area (Å²) in [6, 6.07) is 12.4. The van der Waals surface area contributed by atoms with Crippen molar-refractivity contribution in [1.82, 2.24) is 14.5 Å². The van der Waals surface area contributed by atoms with E-state index in [1.54, 1.807) is 20.5 Å². The molecule has 25 heavy (non-hydrogen) atoms. The zero-order valence-electron chi connectivity index (χ0n) is 14.3. The molecule has 126 valence electrons. The molecule has 2 heterocycles. The van der Waals surface area contributed by atoms with Crippen LogP contribution in [0.2, 0.25) is 0 Å². The molecular formula is C20H19N3O2. The maximum Gasteiger partial charge on any atom is 0.119 e. The molecule has 0 unspecified atom stereocenters. The lowest BCUT2D eigenvalue weighted by Gasteiger charge is -2.12. The van der Waals surface area contributed by atoms with Gasteiger partial charge < -0.3 is 14.0 Å². The molecule has 0 atom stereocenters. The number of methoxy groups -OCH3 is 2. The minimum Gasteiger partial charge on any atom is -0.497 e. The second-order valence-corrected chi connectivity index (χ2v) is 5.88. The van der Waals surface area contributed by atoms with Crippen LogP contribution in [0.1, 0.15) is 0 Å². The van der Waals surface area contributed by atoms with E-state index in [0.717, 1.165) is 45.2 Å². The van der Waals surface area contributed by atoms with Crippen LogP contribution in [-0.4, -0.2) is 35.4 Å². The molecule has 0 N–H and O–H groups in total. The van der Waals surface area contributed by atoms with Gasteiger partial charge in [-0.1, -0.05) is 12.1 Å². The summed E-state index contributed by atoms with van der Waals surface area (Å²) in [5, 5.41) is 2.20. The molecule has 2 aromatic carbocycles. The van der Waals surface area contributed by atoms with E-state index in [1.807, 2.05) is 18.3 Å². The summed E-state index contributed by atoms with van der Waals surface area (Å²) in [7, 11) is 3.40. The van der Waals surface area contributed by atoms with E-state index in [4.69, 9.17) is 9.47 Å². The normalized spacial score (nSPS) is 11.3. The van der Waals surface area contributed by atoms with Gasteiger partial charge in [0.25, 0.3) is 0 Å². The van der Waals surface area contributed by atoms with Crippen LogP contribution in [0.25, 0.3) is 32.9 Å². The SMILES string of the molecule is COCCn1ccc2c3cncnc3cc(-c3cccc(OC)c3)c21. The molecule has 5 nitrogen and oxygen atoms in total. The fourth-order valence-electron chi connectivity index (χ4n) is 3.24. The van der Waals surface area contributed by atoms with E-state index in [2.05, 4.69) is 45.0 Å². The van der Waals surface area contributed by atoms with Crippen molar-refractivity contribution in [3.05, 3.63) is 55.1 Å². The second kappa shape index (κ2) is 6.53. The predicted molar refractivity (Wildman–Crippen MR) is 98.9 cm³/mol. The number of ether oxygens (including phenoxy) is 2. The third-order valence-corrected chi connectivity index (χ3v) is 4.45. The lowest BCUT2D eigenvalue weighted by atomic mass is 10.00. The van der Waals surface area contributed by atoms with Crippen molar-refractivity contribution in [1.29, 1.82) is 0 Å². The molecule has 0 bridgehead atoms. The molecule has 0 fully saturated rings. The first kappa shape index (κ1) is 15.6. The molecule has 0 saturated carbocycles. The van der Waals surface area contributed by atoms with Crippen LogP contribution >= 0.6 is 0 Å². The zero-order chi connectivity index (χ0) is 17.2. The van der Waals surface area contributed by atoms with Crippen LogP contribution in [-0.2, 0) is 11.3 Å². The molecule has 4 rings (SSSR count). The quantitative estimate of drug-likeness (QED) is 0.556. The molecule has 4 aromatic rings.